The van der Waals surface area contributed by atoms with Crippen LogP contribution in [0.3, 0.4) is 0 Å². The van der Waals surface area contributed by atoms with Gasteiger partial charge in [-0.3, -0.25) is 0 Å². The number of hydrogen-bond donors (Lipinski definition) is 0. The first-order valence-corrected chi connectivity index (χ1v) is 6.66. The quantitative estimate of drug-likeness (QED) is 0.637. The summed E-state index contributed by atoms with van der Waals surface area (Å²) >= 11 is 3.01. The molecule has 1 aliphatic heterocycles. The minimum absolute atomic E-state index is 1.02. The van der Waals surface area contributed by atoms with E-state index < -0.39 is 0 Å². The van der Waals surface area contributed by atoms with Crippen molar-refractivity contribution in [3.05, 3.63) is 21.4 Å². The van der Waals surface area contributed by atoms with Crippen molar-refractivity contribution in [3.8, 4) is 0 Å². The molecule has 0 amide bonds. The van der Waals surface area contributed by atoms with Crippen LogP contribution in [0, 0.1) is 6.92 Å². The summed E-state index contributed by atoms with van der Waals surface area (Å²) in [6.45, 7) is 4.74. The molecule has 0 radical (unpaired) electrons. The molecule has 0 aromatic carbocycles. The predicted octanol–water partition coefficient (Wildman–Crippen LogP) is 1.50. The molecule has 0 unspecified atom stereocenters. The van der Waals surface area contributed by atoms with Gasteiger partial charge in [-0.1, -0.05) is 0 Å². The number of nitrogens with zero attached hydrogens (tertiary/aromatic N) is 1. The van der Waals surface area contributed by atoms with E-state index in [1.807, 2.05) is 11.3 Å². The molecule has 56 valence electrons. The standard InChI is InChI=1S/C8H10NS.Tl/c1-6-4-7-5-9-3-2-8(7)10-6;/h4H,2-3,5H2,1H3;/q-1;+1. The van der Waals surface area contributed by atoms with Crippen LogP contribution in [0.25, 0.3) is 0 Å². The van der Waals surface area contributed by atoms with Crippen molar-refractivity contribution < 1.29 is 0 Å². The van der Waals surface area contributed by atoms with Gasteiger partial charge >= 0.3 is 87.9 Å². The SMILES string of the molecule is Cc1cc2c(s1)CC[N]([Tl])C2. The number of hydrogen-bond acceptors (Lipinski definition) is 2. The van der Waals surface area contributed by atoms with Gasteiger partial charge in [0.25, 0.3) is 0 Å². The average Bonchev–Trinajstić information content (AvgIpc) is 2.27. The zero-order chi connectivity index (χ0) is 7.84. The van der Waals surface area contributed by atoms with E-state index in [1.165, 1.54) is 24.4 Å². The molecule has 0 saturated heterocycles. The second-order valence-corrected chi connectivity index (χ2v) is 7.21. The predicted molar refractivity (Wildman–Crippen MR) is 48.9 cm³/mol. The van der Waals surface area contributed by atoms with E-state index >= 15 is 0 Å². The molecule has 0 bridgehead atoms. The topological polar surface area (TPSA) is 3.24 Å². The monoisotopic (exact) mass is 357 g/mol. The normalized spacial score (nSPS) is 18.2. The van der Waals surface area contributed by atoms with Gasteiger partial charge in [0.1, 0.15) is 0 Å². The maximum atomic E-state index is 2.55. The van der Waals surface area contributed by atoms with Crippen LogP contribution in [-0.2, 0) is 13.0 Å². The Labute approximate surface area is 87.5 Å². The number of fused-ring (bicyclic) bond motifs is 1. The van der Waals surface area contributed by atoms with Crippen molar-refractivity contribution in [2.75, 3.05) is 6.54 Å². The van der Waals surface area contributed by atoms with Crippen molar-refractivity contribution in [2.45, 2.75) is 19.9 Å². The fourth-order valence-electron chi connectivity index (χ4n) is 1.50. The Hall–Kier alpha value is 0.582. The molecule has 0 fully saturated rings. The van der Waals surface area contributed by atoms with Gasteiger partial charge in [0.2, 0.25) is 0 Å². The van der Waals surface area contributed by atoms with Gasteiger partial charge in [-0.2, -0.15) is 0 Å². The molecule has 1 nitrogen and oxygen atoms in total. The molecule has 0 N–H and O–H groups in total. The van der Waals surface area contributed by atoms with Crippen LogP contribution in [0.2, 0.25) is 0 Å². The first-order chi connectivity index (χ1) is 5.25. The third kappa shape index (κ3) is 1.67. The Kier molecular flexibility index (Phi) is 2.34. The first-order valence-electron chi connectivity index (χ1n) is 3.83. The summed E-state index contributed by atoms with van der Waals surface area (Å²) in [7, 11) is 0. The second kappa shape index (κ2) is 3.14. The second-order valence-electron chi connectivity index (χ2n) is 3.03. The van der Waals surface area contributed by atoms with Crippen LogP contribution in [0.4, 0.5) is 0 Å². The molecule has 1 aromatic rings. The molecule has 11 heavy (non-hydrogen) atoms. The van der Waals surface area contributed by atoms with Crippen molar-refractivity contribution in [1.29, 1.82) is 0 Å². The van der Waals surface area contributed by atoms with E-state index in [0.717, 1.165) is 26.1 Å². The Bertz CT molecular complexity index is 269. The molecule has 2 heterocycles. The summed E-state index contributed by atoms with van der Waals surface area (Å²) in [5.74, 6) is 0. The first kappa shape index (κ1) is 8.19. The van der Waals surface area contributed by atoms with Crippen molar-refractivity contribution >= 4 is 37.4 Å². The van der Waals surface area contributed by atoms with E-state index in [0.29, 0.717) is 0 Å². The average molecular weight is 357 g/mol. The van der Waals surface area contributed by atoms with Gasteiger partial charge in [0.15, 0.2) is 0 Å². The molecular weight excluding hydrogens is 347 g/mol. The Morgan fingerprint density at radius 2 is 2.45 bits per heavy atom. The molecule has 2 rings (SSSR count). The zero-order valence-corrected chi connectivity index (χ0v) is 11.9. The van der Waals surface area contributed by atoms with Crippen LogP contribution >= 0.6 is 11.3 Å². The molecule has 0 spiro atoms. The number of aryl methyl sites for hydroxylation is 1. The van der Waals surface area contributed by atoms with Crippen molar-refractivity contribution in [1.82, 2.24) is 2.71 Å². The zero-order valence-electron chi connectivity index (χ0n) is 6.63. The summed E-state index contributed by atoms with van der Waals surface area (Å²) in [5.41, 5.74) is 1.60. The molecule has 0 saturated carbocycles. The fourth-order valence-corrected chi connectivity index (χ4v) is 3.81. The maximum absolute atomic E-state index is 2.55. The fraction of sp³-hybridized carbons (Fsp3) is 0.500. The minimum atomic E-state index is 1.02. The van der Waals surface area contributed by atoms with Crippen LogP contribution in [0.15, 0.2) is 6.07 Å². The molecule has 1 aromatic heterocycles. The third-order valence-corrected chi connectivity index (χ3v) is 4.89. The van der Waals surface area contributed by atoms with E-state index in [1.54, 1.807) is 10.4 Å². The van der Waals surface area contributed by atoms with Gasteiger partial charge in [-0.15, -0.1) is 0 Å². The Morgan fingerprint density at radius 1 is 1.64 bits per heavy atom. The van der Waals surface area contributed by atoms with E-state index in [-0.39, 0.29) is 0 Å². The third-order valence-electron chi connectivity index (χ3n) is 2.02. The summed E-state index contributed by atoms with van der Waals surface area (Å²) < 4.78 is 2.55. The van der Waals surface area contributed by atoms with Gasteiger partial charge in [0.05, 0.1) is 0 Å². The number of thiophene rings is 1. The van der Waals surface area contributed by atoms with E-state index in [4.69, 9.17) is 0 Å². The van der Waals surface area contributed by atoms with Crippen LogP contribution in [0.1, 0.15) is 15.3 Å². The Morgan fingerprint density at radius 3 is 3.27 bits per heavy atom. The molecular formula is C8H10NSTl. The van der Waals surface area contributed by atoms with Gasteiger partial charge < -0.3 is 0 Å². The molecule has 3 heteroatoms. The van der Waals surface area contributed by atoms with Gasteiger partial charge in [0, 0.05) is 0 Å². The van der Waals surface area contributed by atoms with Crippen LogP contribution in [0.5, 0.6) is 0 Å². The van der Waals surface area contributed by atoms with Gasteiger partial charge in [-0.25, -0.2) is 0 Å². The van der Waals surface area contributed by atoms with E-state index in [9.17, 15) is 0 Å². The van der Waals surface area contributed by atoms with Crippen LogP contribution < -0.4 is 0 Å². The summed E-state index contributed by atoms with van der Waals surface area (Å²) in [6.07, 6.45) is 1.30. The molecule has 0 aliphatic carbocycles. The van der Waals surface area contributed by atoms with E-state index in [2.05, 4.69) is 15.7 Å². The van der Waals surface area contributed by atoms with Crippen LogP contribution in [-0.4, -0.2) is 35.3 Å². The van der Waals surface area contributed by atoms with Gasteiger partial charge in [-0.05, 0) is 0 Å². The summed E-state index contributed by atoms with van der Waals surface area (Å²) in [4.78, 5) is 3.12. The van der Waals surface area contributed by atoms with Crippen molar-refractivity contribution in [3.63, 3.8) is 0 Å². The Balaban J connectivity index is 2.34. The molecule has 0 atom stereocenters. The summed E-state index contributed by atoms with van der Waals surface area (Å²) in [6, 6.07) is 2.36. The number of rotatable bonds is 0. The molecule has 1 aliphatic rings. The van der Waals surface area contributed by atoms with Crippen molar-refractivity contribution in [2.24, 2.45) is 0 Å². The summed E-state index contributed by atoms with van der Waals surface area (Å²) in [5, 5.41) is 0.